The van der Waals surface area contributed by atoms with Gasteiger partial charge in [-0.25, -0.2) is 18.2 Å². The number of hydrogen-bond donors (Lipinski definition) is 3. The number of alkyl halides is 5. The summed E-state index contributed by atoms with van der Waals surface area (Å²) in [6, 6.07) is 6.02. The van der Waals surface area contributed by atoms with E-state index < -0.39 is 94.7 Å². The van der Waals surface area contributed by atoms with Crippen molar-refractivity contribution in [2.45, 2.75) is 50.9 Å². The number of benzene rings is 2. The average molecular weight is 807 g/mol. The first-order chi connectivity index (χ1) is 26.3. The summed E-state index contributed by atoms with van der Waals surface area (Å²) in [5, 5.41) is 9.07. The van der Waals surface area contributed by atoms with Gasteiger partial charge in [-0.15, -0.1) is 0 Å². The summed E-state index contributed by atoms with van der Waals surface area (Å²) in [6.07, 6.45) is -5.55. The molecular formula is C36H30F8N8O3S. The smallest absolute Gasteiger partial charge is 0.366 e. The molecule has 0 radical (unpaired) electrons. The highest BCUT2D eigenvalue weighted by atomic mass is 32.1. The first kappa shape index (κ1) is 38.6. The second-order valence-corrected chi connectivity index (χ2v) is 14.6. The molecule has 1 fully saturated rings. The molecule has 4 N–H and O–H groups in total. The molecule has 3 aromatic heterocycles. The van der Waals surface area contributed by atoms with Crippen LogP contribution in [0.25, 0.3) is 21.5 Å². The minimum absolute atomic E-state index is 0.0208. The Hall–Kier alpha value is -5.66. The molecule has 1 aliphatic carbocycles. The molecule has 2 aliphatic rings. The van der Waals surface area contributed by atoms with Crippen molar-refractivity contribution >= 4 is 44.5 Å². The molecule has 0 bridgehead atoms. The molecule has 11 nitrogen and oxygen atoms in total. The van der Waals surface area contributed by atoms with Gasteiger partial charge >= 0.3 is 6.18 Å². The molecule has 7 rings (SSSR count). The lowest BCUT2D eigenvalue weighted by Gasteiger charge is -2.25. The lowest BCUT2D eigenvalue weighted by atomic mass is 9.94. The fraction of sp³-hybridized carbons (Fsp3) is 0.333. The van der Waals surface area contributed by atoms with Crippen LogP contribution in [0.5, 0.6) is 0 Å². The summed E-state index contributed by atoms with van der Waals surface area (Å²) in [7, 11) is 0. The van der Waals surface area contributed by atoms with Gasteiger partial charge in [0, 0.05) is 36.2 Å². The van der Waals surface area contributed by atoms with E-state index in [9.17, 15) is 40.7 Å². The third kappa shape index (κ3) is 7.12. The summed E-state index contributed by atoms with van der Waals surface area (Å²) < 4.78 is 118. The minimum Gasteiger partial charge on any atom is -0.366 e. The molecule has 1 aliphatic heterocycles. The highest BCUT2D eigenvalue weighted by molar-refractivity contribution is 7.22. The van der Waals surface area contributed by atoms with Crippen LogP contribution in [0, 0.1) is 23.4 Å². The van der Waals surface area contributed by atoms with E-state index in [1.54, 1.807) is 11.0 Å². The number of carbonyl (C=O) groups excluding carboxylic acids is 3. The Morgan fingerprint density at radius 1 is 1.07 bits per heavy atom. The van der Waals surface area contributed by atoms with Crippen molar-refractivity contribution in [3.05, 3.63) is 93.7 Å². The number of amides is 3. The van der Waals surface area contributed by atoms with E-state index in [0.717, 1.165) is 42.5 Å². The molecule has 3 amide bonds. The van der Waals surface area contributed by atoms with Crippen LogP contribution in [-0.4, -0.2) is 57.1 Å². The molecule has 5 aromatic rings. The Morgan fingerprint density at radius 2 is 1.79 bits per heavy atom. The van der Waals surface area contributed by atoms with E-state index in [1.165, 1.54) is 13.0 Å². The summed E-state index contributed by atoms with van der Waals surface area (Å²) in [5.74, 6) is -12.0. The number of anilines is 1. The van der Waals surface area contributed by atoms with Gasteiger partial charge in [-0.1, -0.05) is 31.3 Å². The predicted molar refractivity (Wildman–Crippen MR) is 186 cm³/mol. The number of pyridine rings is 1. The van der Waals surface area contributed by atoms with Crippen LogP contribution in [-0.2, 0) is 34.7 Å². The van der Waals surface area contributed by atoms with E-state index in [2.05, 4.69) is 20.7 Å². The molecule has 294 valence electrons. The SMILES string of the molecule is C[C@@H]1c2c(C(F)(F)F)nn(CC(=O)N[C@@H](Cc3cc(F)cc(F)c3)c3nc4nc(N5CCNC(=O)C5)sc4cc3-c3ccc(F)c(C(N)=O)c3)c2C(F)(F)[C@@H]1C. The van der Waals surface area contributed by atoms with Gasteiger partial charge in [0.05, 0.1) is 28.5 Å². The Morgan fingerprint density at radius 3 is 2.45 bits per heavy atom. The maximum atomic E-state index is 15.5. The summed E-state index contributed by atoms with van der Waals surface area (Å²) >= 11 is 1.13. The lowest BCUT2D eigenvalue weighted by Crippen LogP contribution is -2.47. The zero-order chi connectivity index (χ0) is 40.4. The Bertz CT molecular complexity index is 2400. The molecule has 56 heavy (non-hydrogen) atoms. The molecule has 4 heterocycles. The van der Waals surface area contributed by atoms with Gasteiger partial charge in [-0.3, -0.25) is 19.1 Å². The van der Waals surface area contributed by atoms with Gasteiger partial charge < -0.3 is 21.3 Å². The molecular weight excluding hydrogens is 776 g/mol. The zero-order valence-corrected chi connectivity index (χ0v) is 30.1. The van der Waals surface area contributed by atoms with Crippen molar-refractivity contribution in [3.8, 4) is 11.1 Å². The summed E-state index contributed by atoms with van der Waals surface area (Å²) in [6.45, 7) is 1.89. The average Bonchev–Trinajstić information content (AvgIpc) is 3.76. The second-order valence-electron chi connectivity index (χ2n) is 13.6. The highest BCUT2D eigenvalue weighted by Crippen LogP contribution is 2.55. The molecule has 2 aromatic carbocycles. The molecule has 1 saturated heterocycles. The van der Waals surface area contributed by atoms with Gasteiger partial charge in [0.1, 0.15) is 29.7 Å². The first-order valence-electron chi connectivity index (χ1n) is 17.0. The Labute approximate surface area is 315 Å². The number of halogens is 8. The van der Waals surface area contributed by atoms with Gasteiger partial charge in [-0.2, -0.15) is 32.0 Å². The Kier molecular flexibility index (Phi) is 9.74. The van der Waals surface area contributed by atoms with Crippen LogP contribution < -0.4 is 21.3 Å². The fourth-order valence-electron chi connectivity index (χ4n) is 7.10. The molecule has 0 spiro atoms. The number of nitrogens with two attached hydrogens (primary N) is 1. The topological polar surface area (TPSA) is 148 Å². The fourth-order valence-corrected chi connectivity index (χ4v) is 8.07. The number of thiazole rings is 1. The normalized spacial score (nSPS) is 18.5. The van der Waals surface area contributed by atoms with Gasteiger partial charge in [0.15, 0.2) is 16.5 Å². The van der Waals surface area contributed by atoms with Crippen molar-refractivity contribution in [1.82, 2.24) is 30.4 Å². The third-order valence-corrected chi connectivity index (χ3v) is 11.0. The van der Waals surface area contributed by atoms with E-state index in [1.807, 2.05) is 0 Å². The van der Waals surface area contributed by atoms with Gasteiger partial charge in [0.2, 0.25) is 11.8 Å². The van der Waals surface area contributed by atoms with Crippen LogP contribution in [0.3, 0.4) is 0 Å². The van der Waals surface area contributed by atoms with Crippen LogP contribution >= 0.6 is 11.3 Å². The number of nitrogens with one attached hydrogen (secondary N) is 2. The van der Waals surface area contributed by atoms with Crippen LogP contribution in [0.15, 0.2) is 42.5 Å². The number of fused-ring (bicyclic) bond motifs is 2. The molecule has 0 unspecified atom stereocenters. The van der Waals surface area contributed by atoms with Crippen molar-refractivity contribution in [1.29, 1.82) is 0 Å². The largest absolute Gasteiger partial charge is 0.435 e. The first-order valence-corrected chi connectivity index (χ1v) is 17.9. The van der Waals surface area contributed by atoms with E-state index in [0.29, 0.717) is 33.7 Å². The third-order valence-electron chi connectivity index (χ3n) is 9.92. The Balaban J connectivity index is 1.36. The van der Waals surface area contributed by atoms with E-state index >= 15 is 8.78 Å². The van der Waals surface area contributed by atoms with Crippen molar-refractivity contribution in [2.24, 2.45) is 11.7 Å². The maximum Gasteiger partial charge on any atom is 0.435 e. The number of aromatic nitrogens is 4. The van der Waals surface area contributed by atoms with Crippen LogP contribution in [0.4, 0.5) is 40.3 Å². The van der Waals surface area contributed by atoms with Gasteiger partial charge in [-0.05, 0) is 53.8 Å². The van der Waals surface area contributed by atoms with Crippen molar-refractivity contribution in [2.75, 3.05) is 24.5 Å². The number of carbonyl (C=O) groups is 3. The monoisotopic (exact) mass is 806 g/mol. The molecule has 3 atom stereocenters. The highest BCUT2D eigenvalue weighted by Gasteiger charge is 2.57. The van der Waals surface area contributed by atoms with Crippen molar-refractivity contribution in [3.63, 3.8) is 0 Å². The molecule has 0 saturated carbocycles. The quantitative estimate of drug-likeness (QED) is 0.156. The van der Waals surface area contributed by atoms with Crippen molar-refractivity contribution < 1.29 is 49.5 Å². The van der Waals surface area contributed by atoms with E-state index in [-0.39, 0.29) is 40.5 Å². The summed E-state index contributed by atoms with van der Waals surface area (Å²) in [5.41, 5.74) is 1.84. The van der Waals surface area contributed by atoms with Crippen LogP contribution in [0.1, 0.15) is 64.4 Å². The second kappa shape index (κ2) is 14.1. The lowest BCUT2D eigenvalue weighted by molar-refractivity contribution is -0.143. The zero-order valence-electron chi connectivity index (χ0n) is 29.3. The standard InChI is InChI=1S/C36H30F8N8O3S/c1-15-16(2)35(40,41)31-28(15)30(36(42,43)44)50-52(31)14-27(54)47-24(9-17-7-19(37)11-20(38)8-17)29-21(18-3-4-23(39)22(10-18)32(45)55)12-25-33(48-29)49-34(56-25)51-6-5-46-26(53)13-51/h3-4,7-8,10-12,15-16,24H,5-6,9,13-14H2,1-2H3,(H2,45,55)(H,46,53)(H,47,54)/t15-,16+,24-/m0/s1. The maximum absolute atomic E-state index is 15.5. The van der Waals surface area contributed by atoms with E-state index in [4.69, 9.17) is 10.7 Å². The molecule has 20 heteroatoms. The number of primary amides is 1. The minimum atomic E-state index is -5.12. The number of nitrogens with zero attached hydrogens (tertiary/aromatic N) is 5. The number of rotatable bonds is 9. The number of piperazine rings is 1. The number of hydrogen-bond acceptors (Lipinski definition) is 8. The van der Waals surface area contributed by atoms with Gasteiger partial charge in [0.25, 0.3) is 11.8 Å². The predicted octanol–water partition coefficient (Wildman–Crippen LogP) is 5.97. The van der Waals surface area contributed by atoms with Crippen LogP contribution in [0.2, 0.25) is 0 Å². The summed E-state index contributed by atoms with van der Waals surface area (Å²) in [4.78, 5) is 49.1.